The zero-order valence-electron chi connectivity index (χ0n) is 33.7. The summed E-state index contributed by atoms with van der Waals surface area (Å²) in [5, 5.41) is 50.0. The van der Waals surface area contributed by atoms with E-state index < -0.39 is 75.7 Å². The normalized spacial score (nSPS) is 23.3. The van der Waals surface area contributed by atoms with Gasteiger partial charge >= 0.3 is 19.8 Å². The molecule has 6 unspecified atom stereocenters. The summed E-state index contributed by atoms with van der Waals surface area (Å²) < 4.78 is 33.4. The van der Waals surface area contributed by atoms with Gasteiger partial charge in [-0.2, -0.15) is 0 Å². The van der Waals surface area contributed by atoms with E-state index in [1.807, 2.05) is 0 Å². The molecule has 0 bridgehead atoms. The van der Waals surface area contributed by atoms with Crippen LogP contribution < -0.4 is 0 Å². The lowest BCUT2D eigenvalue weighted by Gasteiger charge is -2.41. The van der Waals surface area contributed by atoms with E-state index in [-0.39, 0.29) is 12.8 Å². The van der Waals surface area contributed by atoms with Crippen LogP contribution >= 0.6 is 7.82 Å². The number of hydrogen-bond acceptors (Lipinski definition) is 12. The molecule has 0 aromatic heterocycles. The highest BCUT2D eigenvalue weighted by atomic mass is 31.2. The molecule has 1 saturated carbocycles. The lowest BCUT2D eigenvalue weighted by molar-refractivity contribution is -0.220. The van der Waals surface area contributed by atoms with Gasteiger partial charge in [-0.1, -0.05) is 141 Å². The number of phosphoric ester groups is 1. The summed E-state index contributed by atoms with van der Waals surface area (Å²) in [5.74, 6) is -1.11. The molecule has 14 heteroatoms. The Hall–Kier alpha value is -1.67. The highest BCUT2D eigenvalue weighted by Gasteiger charge is 2.51. The maximum absolute atomic E-state index is 12.8. The van der Waals surface area contributed by atoms with Gasteiger partial charge < -0.3 is 39.9 Å². The maximum Gasteiger partial charge on any atom is 0.472 e. The molecule has 1 fully saturated rings. The van der Waals surface area contributed by atoms with Crippen LogP contribution in [0.5, 0.6) is 0 Å². The first kappa shape index (κ1) is 51.3. The van der Waals surface area contributed by atoms with Crippen molar-refractivity contribution >= 4 is 19.8 Å². The molecule has 8 atom stereocenters. The molecular formula is C41H75O13P. The first-order valence-electron chi connectivity index (χ1n) is 21.1. The van der Waals surface area contributed by atoms with Crippen molar-refractivity contribution in [3.05, 3.63) is 24.3 Å². The Labute approximate surface area is 330 Å². The molecule has 0 amide bonds. The number of hydrogen-bond donors (Lipinski definition) is 6. The second-order valence-corrected chi connectivity index (χ2v) is 16.3. The Kier molecular flexibility index (Phi) is 30.2. The molecule has 0 radical (unpaired) electrons. The third kappa shape index (κ3) is 25.3. The fourth-order valence-corrected chi connectivity index (χ4v) is 7.30. The predicted molar refractivity (Wildman–Crippen MR) is 212 cm³/mol. The van der Waals surface area contributed by atoms with Crippen LogP contribution in [0.15, 0.2) is 24.3 Å². The molecule has 0 heterocycles. The molecular weight excluding hydrogens is 731 g/mol. The summed E-state index contributed by atoms with van der Waals surface area (Å²) in [6, 6.07) is 0. The average Bonchev–Trinajstić information content (AvgIpc) is 3.16. The first-order valence-corrected chi connectivity index (χ1v) is 22.6. The number of phosphoric acid groups is 1. The van der Waals surface area contributed by atoms with Crippen molar-refractivity contribution in [1.29, 1.82) is 0 Å². The van der Waals surface area contributed by atoms with E-state index in [4.69, 9.17) is 18.5 Å². The third-order valence-electron chi connectivity index (χ3n) is 9.78. The highest BCUT2D eigenvalue weighted by Crippen LogP contribution is 2.47. The largest absolute Gasteiger partial charge is 0.472 e. The smallest absolute Gasteiger partial charge is 0.462 e. The minimum Gasteiger partial charge on any atom is -0.462 e. The van der Waals surface area contributed by atoms with E-state index in [9.17, 15) is 44.6 Å². The summed E-state index contributed by atoms with van der Waals surface area (Å²) in [7, 11) is -5.11. The van der Waals surface area contributed by atoms with E-state index in [0.29, 0.717) is 12.8 Å². The molecule has 0 aliphatic heterocycles. The van der Waals surface area contributed by atoms with Gasteiger partial charge in [0.15, 0.2) is 6.10 Å². The molecule has 6 N–H and O–H groups in total. The predicted octanol–water partition coefficient (Wildman–Crippen LogP) is 7.28. The molecule has 55 heavy (non-hydrogen) atoms. The number of carbonyl (C=O) groups excluding carboxylic acids is 2. The van der Waals surface area contributed by atoms with Crippen molar-refractivity contribution in [1.82, 2.24) is 0 Å². The minimum absolute atomic E-state index is 0.0971. The van der Waals surface area contributed by atoms with Gasteiger partial charge in [-0.3, -0.25) is 18.6 Å². The number of aliphatic hydroxyl groups is 5. The number of carbonyl (C=O) groups is 2. The van der Waals surface area contributed by atoms with Crippen molar-refractivity contribution < 1.29 is 63.1 Å². The van der Waals surface area contributed by atoms with Crippen LogP contribution in [0, 0.1) is 0 Å². The fourth-order valence-electron chi connectivity index (χ4n) is 6.32. The van der Waals surface area contributed by atoms with E-state index >= 15 is 0 Å². The fraction of sp³-hybridized carbons (Fsp3) is 0.854. The van der Waals surface area contributed by atoms with E-state index in [2.05, 4.69) is 38.2 Å². The van der Waals surface area contributed by atoms with Gasteiger partial charge in [0.25, 0.3) is 0 Å². The number of ether oxygens (including phenoxy) is 2. The molecule has 322 valence electrons. The van der Waals surface area contributed by atoms with Crippen LogP contribution in [0.4, 0.5) is 0 Å². The van der Waals surface area contributed by atoms with Crippen molar-refractivity contribution in [3.63, 3.8) is 0 Å². The van der Waals surface area contributed by atoms with Crippen molar-refractivity contribution in [2.24, 2.45) is 0 Å². The van der Waals surface area contributed by atoms with Gasteiger partial charge in [-0.05, 0) is 38.5 Å². The Morgan fingerprint density at radius 1 is 0.564 bits per heavy atom. The molecule has 1 rings (SSSR count). The number of unbranched alkanes of at least 4 members (excludes halogenated alkanes) is 18. The Balaban J connectivity index is 2.51. The van der Waals surface area contributed by atoms with Gasteiger partial charge in [0.1, 0.15) is 43.2 Å². The minimum atomic E-state index is -5.11. The second-order valence-electron chi connectivity index (χ2n) is 14.8. The van der Waals surface area contributed by atoms with Crippen LogP contribution in [0.2, 0.25) is 0 Å². The molecule has 0 spiro atoms. The molecule has 0 aromatic rings. The first-order chi connectivity index (χ1) is 26.4. The van der Waals surface area contributed by atoms with E-state index in [1.54, 1.807) is 0 Å². The van der Waals surface area contributed by atoms with Crippen LogP contribution in [0.3, 0.4) is 0 Å². The molecule has 13 nitrogen and oxygen atoms in total. The van der Waals surface area contributed by atoms with Gasteiger partial charge in [-0.15, -0.1) is 0 Å². The van der Waals surface area contributed by atoms with Crippen molar-refractivity contribution in [2.45, 2.75) is 211 Å². The topological polar surface area (TPSA) is 210 Å². The summed E-state index contributed by atoms with van der Waals surface area (Å²) in [5.41, 5.74) is 0. The lowest BCUT2D eigenvalue weighted by Crippen LogP contribution is -2.64. The molecule has 0 saturated heterocycles. The summed E-state index contributed by atoms with van der Waals surface area (Å²) >= 11 is 0. The molecule has 0 aromatic carbocycles. The van der Waals surface area contributed by atoms with Crippen LogP contribution in [-0.4, -0.2) is 98.3 Å². The number of allylic oxidation sites excluding steroid dienone is 4. The highest BCUT2D eigenvalue weighted by molar-refractivity contribution is 7.47. The zero-order valence-corrected chi connectivity index (χ0v) is 34.6. The second kappa shape index (κ2) is 32.3. The Morgan fingerprint density at radius 3 is 1.55 bits per heavy atom. The summed E-state index contributed by atoms with van der Waals surface area (Å²) in [4.78, 5) is 35.5. The van der Waals surface area contributed by atoms with Gasteiger partial charge in [0.05, 0.1) is 6.61 Å². The number of aliphatic hydroxyl groups excluding tert-OH is 5. The Morgan fingerprint density at radius 2 is 1.02 bits per heavy atom. The van der Waals surface area contributed by atoms with E-state index in [0.717, 1.165) is 77.0 Å². The third-order valence-corrected chi connectivity index (χ3v) is 10.8. The van der Waals surface area contributed by atoms with Gasteiger partial charge in [0, 0.05) is 12.8 Å². The van der Waals surface area contributed by atoms with E-state index in [1.165, 1.54) is 51.4 Å². The average molecular weight is 807 g/mol. The van der Waals surface area contributed by atoms with Crippen molar-refractivity contribution in [3.8, 4) is 0 Å². The quantitative estimate of drug-likeness (QED) is 0.0164. The number of rotatable bonds is 34. The standard InChI is InChI=1S/C41H75O13P/c1-3-5-7-9-11-13-15-17-19-21-23-25-27-29-34(42)51-31-33(32-52-55(49,50)54-41-39(47)37(45)36(44)38(46)40(41)48)53-35(43)30-28-26-24-22-20-18-16-14-12-10-8-6-4-2/h7,9,13,15,33,36-41,44-48H,3-6,8,10-12,14,16-32H2,1-2H3,(H,49,50)/b9-7-,15-13-/t33-,36?,37-,38?,39?,40?,41?/m1/s1. The summed E-state index contributed by atoms with van der Waals surface area (Å²) in [6.07, 6.45) is 19.6. The molecule has 1 aliphatic carbocycles. The van der Waals surface area contributed by atoms with Gasteiger partial charge in [0.2, 0.25) is 0 Å². The molecule has 1 aliphatic rings. The maximum atomic E-state index is 12.8. The van der Waals surface area contributed by atoms with Crippen molar-refractivity contribution in [2.75, 3.05) is 13.2 Å². The zero-order chi connectivity index (χ0) is 40.7. The Bertz CT molecular complexity index is 1070. The van der Waals surface area contributed by atoms with Crippen LogP contribution in [-0.2, 0) is 32.7 Å². The van der Waals surface area contributed by atoms with Crippen LogP contribution in [0.1, 0.15) is 168 Å². The monoisotopic (exact) mass is 806 g/mol. The lowest BCUT2D eigenvalue weighted by atomic mass is 9.85. The SMILES string of the molecule is CCC/C=C\C/C=C\CCCCCCCC(=O)OC[C@H](COP(=O)(O)OC1C(O)C(O)C(O)[C@@H](O)C1O)OC(=O)CCCCCCCCCCCCCCC. The summed E-state index contributed by atoms with van der Waals surface area (Å²) in [6.45, 7) is 3.20. The van der Waals surface area contributed by atoms with Crippen LogP contribution in [0.25, 0.3) is 0 Å². The number of esters is 2. The van der Waals surface area contributed by atoms with Gasteiger partial charge in [-0.25, -0.2) is 4.57 Å².